The molecule has 2 nitrogen and oxygen atoms in total. The van der Waals surface area contributed by atoms with E-state index < -0.39 is 11.6 Å². The molecule has 2 aromatic rings. The molecule has 0 saturated heterocycles. The first-order valence-corrected chi connectivity index (χ1v) is 6.93. The summed E-state index contributed by atoms with van der Waals surface area (Å²) in [4.78, 5) is 0. The van der Waals surface area contributed by atoms with Crippen molar-refractivity contribution in [3.8, 4) is 5.75 Å². The molecule has 0 amide bonds. The van der Waals surface area contributed by atoms with Crippen LogP contribution in [0.15, 0.2) is 42.5 Å². The molecular formula is C17H19F2NO. The molecule has 0 heterocycles. The number of nitrogens with one attached hydrogen (secondary N) is 1. The van der Waals surface area contributed by atoms with Crippen LogP contribution in [0.25, 0.3) is 0 Å². The summed E-state index contributed by atoms with van der Waals surface area (Å²) < 4.78 is 32.0. The Hall–Kier alpha value is -1.94. The van der Waals surface area contributed by atoms with Crippen LogP contribution in [-0.4, -0.2) is 6.04 Å². The highest BCUT2D eigenvalue weighted by Gasteiger charge is 2.06. The average Bonchev–Trinajstić information content (AvgIpc) is 2.42. The molecular weight excluding hydrogens is 272 g/mol. The van der Waals surface area contributed by atoms with Crippen molar-refractivity contribution in [1.29, 1.82) is 0 Å². The Bertz CT molecular complexity index is 579. The van der Waals surface area contributed by atoms with Crippen LogP contribution in [0.2, 0.25) is 0 Å². The summed E-state index contributed by atoms with van der Waals surface area (Å²) in [6, 6.07) is 11.4. The molecule has 0 radical (unpaired) electrons. The fraction of sp³-hybridized carbons (Fsp3) is 0.294. The summed E-state index contributed by atoms with van der Waals surface area (Å²) >= 11 is 0. The summed E-state index contributed by atoms with van der Waals surface area (Å²) in [6.07, 6.45) is 0. The highest BCUT2D eigenvalue weighted by atomic mass is 19.1. The van der Waals surface area contributed by atoms with E-state index in [1.165, 1.54) is 12.1 Å². The zero-order chi connectivity index (χ0) is 15.2. The quantitative estimate of drug-likeness (QED) is 0.867. The van der Waals surface area contributed by atoms with Crippen molar-refractivity contribution in [3.63, 3.8) is 0 Å². The van der Waals surface area contributed by atoms with Gasteiger partial charge in [-0.05, 0) is 23.8 Å². The molecule has 2 aromatic carbocycles. The van der Waals surface area contributed by atoms with Crippen molar-refractivity contribution in [2.45, 2.75) is 33.0 Å². The topological polar surface area (TPSA) is 21.3 Å². The van der Waals surface area contributed by atoms with Gasteiger partial charge in [0.25, 0.3) is 0 Å². The van der Waals surface area contributed by atoms with Gasteiger partial charge in [0.2, 0.25) is 0 Å². The molecule has 0 aromatic heterocycles. The van der Waals surface area contributed by atoms with Gasteiger partial charge in [-0.1, -0.05) is 32.0 Å². The van der Waals surface area contributed by atoms with E-state index in [0.29, 0.717) is 18.2 Å². The van der Waals surface area contributed by atoms with Crippen LogP contribution in [0.5, 0.6) is 5.75 Å². The minimum atomic E-state index is -0.594. The third-order valence-electron chi connectivity index (χ3n) is 2.99. The van der Waals surface area contributed by atoms with Crippen molar-refractivity contribution < 1.29 is 13.5 Å². The second kappa shape index (κ2) is 7.18. The summed E-state index contributed by atoms with van der Waals surface area (Å²) in [5.74, 6) is -0.470. The van der Waals surface area contributed by atoms with Gasteiger partial charge >= 0.3 is 0 Å². The number of rotatable bonds is 6. The fourth-order valence-corrected chi connectivity index (χ4v) is 1.96. The van der Waals surface area contributed by atoms with E-state index in [2.05, 4.69) is 19.2 Å². The molecule has 0 aliphatic rings. The van der Waals surface area contributed by atoms with Gasteiger partial charge in [-0.15, -0.1) is 0 Å². The first-order chi connectivity index (χ1) is 10.0. The van der Waals surface area contributed by atoms with Crippen LogP contribution in [0, 0.1) is 11.6 Å². The number of para-hydroxylation sites is 1. The minimum absolute atomic E-state index is 0.132. The van der Waals surface area contributed by atoms with Crippen LogP contribution < -0.4 is 10.1 Å². The van der Waals surface area contributed by atoms with Crippen molar-refractivity contribution >= 4 is 0 Å². The molecule has 0 saturated carbocycles. The second-order valence-electron chi connectivity index (χ2n) is 5.21. The average molecular weight is 291 g/mol. The predicted molar refractivity (Wildman–Crippen MR) is 79.1 cm³/mol. The van der Waals surface area contributed by atoms with Crippen LogP contribution >= 0.6 is 0 Å². The standard InChI is InChI=1S/C17H19F2NO/c1-12(2)20-10-14-5-3-4-6-17(14)21-11-13-7-15(18)9-16(19)8-13/h3-9,12,20H,10-11H2,1-2H3. The Labute approximate surface area is 123 Å². The number of halogens is 2. The smallest absolute Gasteiger partial charge is 0.126 e. The third-order valence-corrected chi connectivity index (χ3v) is 2.99. The van der Waals surface area contributed by atoms with Crippen molar-refractivity contribution in [2.75, 3.05) is 0 Å². The molecule has 4 heteroatoms. The Morgan fingerprint density at radius 3 is 2.38 bits per heavy atom. The maximum atomic E-state index is 13.1. The summed E-state index contributed by atoms with van der Waals surface area (Å²) in [7, 11) is 0. The van der Waals surface area contributed by atoms with Crippen LogP contribution in [0.1, 0.15) is 25.0 Å². The van der Waals surface area contributed by atoms with Crippen molar-refractivity contribution in [2.24, 2.45) is 0 Å². The van der Waals surface area contributed by atoms with Crippen LogP contribution in [0.3, 0.4) is 0 Å². The van der Waals surface area contributed by atoms with E-state index in [4.69, 9.17) is 4.74 Å². The fourth-order valence-electron chi connectivity index (χ4n) is 1.96. The lowest BCUT2D eigenvalue weighted by Gasteiger charge is -2.13. The third kappa shape index (κ3) is 4.83. The van der Waals surface area contributed by atoms with Crippen molar-refractivity contribution in [1.82, 2.24) is 5.32 Å². The molecule has 1 N–H and O–H groups in total. The van der Waals surface area contributed by atoms with E-state index in [9.17, 15) is 8.78 Å². The summed E-state index contributed by atoms with van der Waals surface area (Å²) in [5.41, 5.74) is 1.49. The Kier molecular flexibility index (Phi) is 5.28. The molecule has 112 valence electrons. The van der Waals surface area contributed by atoms with Gasteiger partial charge in [0, 0.05) is 24.2 Å². The summed E-state index contributed by atoms with van der Waals surface area (Å²) in [6.45, 7) is 4.96. The molecule has 21 heavy (non-hydrogen) atoms. The molecule has 2 rings (SSSR count). The van der Waals surface area contributed by atoms with Crippen LogP contribution in [-0.2, 0) is 13.2 Å². The van der Waals surface area contributed by atoms with Crippen LogP contribution in [0.4, 0.5) is 8.78 Å². The Morgan fingerprint density at radius 1 is 1.05 bits per heavy atom. The maximum absolute atomic E-state index is 13.1. The highest BCUT2D eigenvalue weighted by molar-refractivity contribution is 5.33. The van der Waals surface area contributed by atoms with Gasteiger partial charge in [-0.2, -0.15) is 0 Å². The lowest BCUT2D eigenvalue weighted by molar-refractivity contribution is 0.300. The second-order valence-corrected chi connectivity index (χ2v) is 5.21. The van der Waals surface area contributed by atoms with Gasteiger partial charge in [0.15, 0.2) is 0 Å². The van der Waals surface area contributed by atoms with E-state index in [1.807, 2.05) is 24.3 Å². The number of benzene rings is 2. The minimum Gasteiger partial charge on any atom is -0.489 e. The molecule has 0 fully saturated rings. The first-order valence-electron chi connectivity index (χ1n) is 6.93. The lowest BCUT2D eigenvalue weighted by Crippen LogP contribution is -2.22. The SMILES string of the molecule is CC(C)NCc1ccccc1OCc1cc(F)cc(F)c1. The highest BCUT2D eigenvalue weighted by Crippen LogP contribution is 2.20. The van der Waals surface area contributed by atoms with Gasteiger partial charge in [0.05, 0.1) is 0 Å². The zero-order valence-corrected chi connectivity index (χ0v) is 12.2. The van der Waals surface area contributed by atoms with Gasteiger partial charge < -0.3 is 10.1 Å². The maximum Gasteiger partial charge on any atom is 0.126 e. The van der Waals surface area contributed by atoms with Gasteiger partial charge in [0.1, 0.15) is 24.0 Å². The molecule has 0 atom stereocenters. The molecule has 0 aliphatic carbocycles. The van der Waals surface area contributed by atoms with E-state index in [-0.39, 0.29) is 6.61 Å². The van der Waals surface area contributed by atoms with E-state index >= 15 is 0 Å². The summed E-state index contributed by atoms with van der Waals surface area (Å²) in [5, 5.41) is 3.32. The number of hydrogen-bond acceptors (Lipinski definition) is 2. The lowest BCUT2D eigenvalue weighted by atomic mass is 10.2. The molecule has 0 aliphatic heterocycles. The van der Waals surface area contributed by atoms with Crippen molar-refractivity contribution in [3.05, 3.63) is 65.2 Å². The largest absolute Gasteiger partial charge is 0.489 e. The zero-order valence-electron chi connectivity index (χ0n) is 12.2. The number of hydrogen-bond donors (Lipinski definition) is 1. The Morgan fingerprint density at radius 2 is 1.71 bits per heavy atom. The van der Waals surface area contributed by atoms with Gasteiger partial charge in [-0.25, -0.2) is 8.78 Å². The molecule has 0 spiro atoms. The van der Waals surface area contributed by atoms with E-state index in [0.717, 1.165) is 17.4 Å². The van der Waals surface area contributed by atoms with Gasteiger partial charge in [-0.3, -0.25) is 0 Å². The molecule has 0 unspecified atom stereocenters. The normalized spacial score (nSPS) is 10.9. The number of ether oxygens (including phenoxy) is 1. The molecule has 0 bridgehead atoms. The monoisotopic (exact) mass is 291 g/mol. The predicted octanol–water partition coefficient (Wildman–Crippen LogP) is 4.04. The first kappa shape index (κ1) is 15.4. The van der Waals surface area contributed by atoms with E-state index in [1.54, 1.807) is 0 Å². The Balaban J connectivity index is 2.05.